The van der Waals surface area contributed by atoms with Gasteiger partial charge < -0.3 is 5.32 Å². The van der Waals surface area contributed by atoms with E-state index in [1.54, 1.807) is 6.20 Å². The fourth-order valence-electron chi connectivity index (χ4n) is 2.47. The van der Waals surface area contributed by atoms with Gasteiger partial charge in [0.25, 0.3) is 0 Å². The van der Waals surface area contributed by atoms with Crippen molar-refractivity contribution in [3.8, 4) is 5.69 Å². The maximum atomic E-state index is 4.26. The molecule has 4 heteroatoms. The first-order chi connectivity index (χ1) is 8.84. The fraction of sp³-hybridized carbons (Fsp3) is 0.357. The van der Waals surface area contributed by atoms with Gasteiger partial charge in [0.05, 0.1) is 5.69 Å². The molecule has 0 radical (unpaired) electrons. The zero-order valence-electron chi connectivity index (χ0n) is 10.1. The average molecular weight is 306 g/mol. The molecule has 1 fully saturated rings. The van der Waals surface area contributed by atoms with Crippen LogP contribution in [0.15, 0.2) is 41.1 Å². The molecule has 1 N–H and O–H groups in total. The van der Waals surface area contributed by atoms with Gasteiger partial charge in [-0.05, 0) is 59.1 Å². The second-order valence-corrected chi connectivity index (χ2v) is 5.52. The predicted octanol–water partition coefficient (Wildman–Crippen LogP) is 3.45. The Morgan fingerprint density at radius 3 is 2.94 bits per heavy atom. The van der Waals surface area contributed by atoms with Crippen LogP contribution >= 0.6 is 15.9 Å². The summed E-state index contributed by atoms with van der Waals surface area (Å²) in [7, 11) is 0. The molecule has 2 aromatic rings. The van der Waals surface area contributed by atoms with Gasteiger partial charge in [-0.15, -0.1) is 0 Å². The normalized spacial score (nSPS) is 19.9. The number of halogens is 1. The van der Waals surface area contributed by atoms with E-state index in [-0.39, 0.29) is 0 Å². The number of hydrogen-bond acceptors (Lipinski definition) is 2. The Hall–Kier alpha value is -1.13. The molecule has 1 aliphatic rings. The van der Waals surface area contributed by atoms with Crippen LogP contribution in [0.25, 0.3) is 5.69 Å². The Morgan fingerprint density at radius 2 is 2.28 bits per heavy atom. The molecular weight excluding hydrogens is 290 g/mol. The zero-order valence-corrected chi connectivity index (χ0v) is 11.7. The number of hydrogen-bond donors (Lipinski definition) is 1. The molecule has 3 nitrogen and oxygen atoms in total. The van der Waals surface area contributed by atoms with Crippen molar-refractivity contribution in [3.05, 3.63) is 46.7 Å². The first kappa shape index (κ1) is 11.9. The zero-order chi connectivity index (χ0) is 12.4. The minimum absolute atomic E-state index is 0.502. The lowest BCUT2D eigenvalue weighted by Crippen LogP contribution is -2.26. The molecule has 2 heterocycles. The second-order valence-electron chi connectivity index (χ2n) is 4.66. The van der Waals surface area contributed by atoms with Crippen molar-refractivity contribution in [2.24, 2.45) is 0 Å². The Balaban J connectivity index is 1.89. The van der Waals surface area contributed by atoms with Gasteiger partial charge in [-0.2, -0.15) is 5.10 Å². The number of nitrogens with one attached hydrogen (secondary N) is 1. The summed E-state index contributed by atoms with van der Waals surface area (Å²) < 4.78 is 2.97. The van der Waals surface area contributed by atoms with Crippen LogP contribution in [0.3, 0.4) is 0 Å². The smallest absolute Gasteiger partial charge is 0.0787 e. The van der Waals surface area contributed by atoms with Crippen LogP contribution in [0.5, 0.6) is 0 Å². The second kappa shape index (κ2) is 5.24. The Morgan fingerprint density at radius 1 is 1.33 bits per heavy atom. The SMILES string of the molecule is Brc1cc(C2CCCCN2)ccc1-n1cccn1. The van der Waals surface area contributed by atoms with Crippen molar-refractivity contribution in [2.45, 2.75) is 25.3 Å². The van der Waals surface area contributed by atoms with Crippen LogP contribution in [0.2, 0.25) is 0 Å². The average Bonchev–Trinajstić information content (AvgIpc) is 2.93. The maximum Gasteiger partial charge on any atom is 0.0787 e. The summed E-state index contributed by atoms with van der Waals surface area (Å²) in [5, 5.41) is 7.83. The van der Waals surface area contributed by atoms with Crippen molar-refractivity contribution >= 4 is 15.9 Å². The van der Waals surface area contributed by atoms with E-state index >= 15 is 0 Å². The van der Waals surface area contributed by atoms with Crippen LogP contribution in [0, 0.1) is 0 Å². The van der Waals surface area contributed by atoms with E-state index in [1.807, 2.05) is 16.9 Å². The van der Waals surface area contributed by atoms with Crippen molar-refractivity contribution < 1.29 is 0 Å². The van der Waals surface area contributed by atoms with Crippen molar-refractivity contribution in [3.63, 3.8) is 0 Å². The van der Waals surface area contributed by atoms with Gasteiger partial charge in [0, 0.05) is 22.9 Å². The van der Waals surface area contributed by atoms with Gasteiger partial charge in [0.2, 0.25) is 0 Å². The highest BCUT2D eigenvalue weighted by Crippen LogP contribution is 2.28. The lowest BCUT2D eigenvalue weighted by atomic mass is 9.97. The summed E-state index contributed by atoms with van der Waals surface area (Å²) in [5.41, 5.74) is 2.44. The van der Waals surface area contributed by atoms with Crippen LogP contribution in [-0.2, 0) is 0 Å². The quantitative estimate of drug-likeness (QED) is 0.921. The van der Waals surface area contributed by atoms with E-state index < -0.39 is 0 Å². The van der Waals surface area contributed by atoms with Crippen molar-refractivity contribution in [2.75, 3.05) is 6.54 Å². The van der Waals surface area contributed by atoms with Gasteiger partial charge in [-0.3, -0.25) is 0 Å². The molecule has 1 aromatic carbocycles. The van der Waals surface area contributed by atoms with E-state index in [1.165, 1.54) is 24.8 Å². The summed E-state index contributed by atoms with van der Waals surface area (Å²) in [6.07, 6.45) is 7.59. The summed E-state index contributed by atoms with van der Waals surface area (Å²) in [6, 6.07) is 8.97. The molecule has 0 saturated carbocycles. The summed E-state index contributed by atoms with van der Waals surface area (Å²) >= 11 is 3.65. The third-order valence-corrected chi connectivity index (χ3v) is 4.07. The molecule has 1 saturated heterocycles. The van der Waals surface area contributed by atoms with Crippen LogP contribution in [0.1, 0.15) is 30.9 Å². The molecule has 18 heavy (non-hydrogen) atoms. The van der Waals surface area contributed by atoms with Crippen LogP contribution in [0.4, 0.5) is 0 Å². The highest BCUT2D eigenvalue weighted by Gasteiger charge is 2.15. The van der Waals surface area contributed by atoms with Gasteiger partial charge in [-0.1, -0.05) is 12.5 Å². The van der Waals surface area contributed by atoms with Gasteiger partial charge in [0.1, 0.15) is 0 Å². The minimum Gasteiger partial charge on any atom is -0.310 e. The van der Waals surface area contributed by atoms with E-state index in [2.05, 4.69) is 44.5 Å². The molecular formula is C14H16BrN3. The predicted molar refractivity (Wildman–Crippen MR) is 75.9 cm³/mol. The third kappa shape index (κ3) is 2.35. The lowest BCUT2D eigenvalue weighted by Gasteiger charge is -2.24. The summed E-state index contributed by atoms with van der Waals surface area (Å²) in [5.74, 6) is 0. The monoisotopic (exact) mass is 305 g/mol. The molecule has 0 amide bonds. The van der Waals surface area contributed by atoms with Gasteiger partial charge >= 0.3 is 0 Å². The molecule has 0 spiro atoms. The standard InChI is InChI=1S/C14H16BrN3/c15-12-10-11(13-4-1-2-7-16-13)5-6-14(12)18-9-3-8-17-18/h3,5-6,8-10,13,16H,1-2,4,7H2. The van der Waals surface area contributed by atoms with Crippen molar-refractivity contribution in [1.82, 2.24) is 15.1 Å². The lowest BCUT2D eigenvalue weighted by molar-refractivity contribution is 0.412. The summed E-state index contributed by atoms with van der Waals surface area (Å²) in [6.45, 7) is 1.13. The molecule has 1 atom stereocenters. The molecule has 0 aliphatic carbocycles. The molecule has 1 aliphatic heterocycles. The summed E-state index contributed by atoms with van der Waals surface area (Å²) in [4.78, 5) is 0. The minimum atomic E-state index is 0.502. The largest absolute Gasteiger partial charge is 0.310 e. The fourth-order valence-corrected chi connectivity index (χ4v) is 3.05. The van der Waals surface area contributed by atoms with E-state index in [0.717, 1.165) is 16.7 Å². The van der Waals surface area contributed by atoms with E-state index in [4.69, 9.17) is 0 Å². The Bertz CT molecular complexity index is 516. The first-order valence-electron chi connectivity index (χ1n) is 6.37. The van der Waals surface area contributed by atoms with Crippen LogP contribution in [-0.4, -0.2) is 16.3 Å². The van der Waals surface area contributed by atoms with Gasteiger partial charge in [-0.25, -0.2) is 4.68 Å². The molecule has 1 unspecified atom stereocenters. The highest BCUT2D eigenvalue weighted by molar-refractivity contribution is 9.10. The number of aromatic nitrogens is 2. The molecule has 3 rings (SSSR count). The highest BCUT2D eigenvalue weighted by atomic mass is 79.9. The van der Waals surface area contributed by atoms with Crippen LogP contribution < -0.4 is 5.32 Å². The Labute approximate surface area is 115 Å². The Kier molecular flexibility index (Phi) is 3.48. The maximum absolute atomic E-state index is 4.26. The number of rotatable bonds is 2. The third-order valence-electron chi connectivity index (χ3n) is 3.44. The molecule has 1 aromatic heterocycles. The number of benzene rings is 1. The molecule has 94 valence electrons. The number of piperidine rings is 1. The first-order valence-corrected chi connectivity index (χ1v) is 7.17. The van der Waals surface area contributed by atoms with E-state index in [9.17, 15) is 0 Å². The molecule has 0 bridgehead atoms. The van der Waals surface area contributed by atoms with Gasteiger partial charge in [0.15, 0.2) is 0 Å². The van der Waals surface area contributed by atoms with Crippen molar-refractivity contribution in [1.29, 1.82) is 0 Å². The topological polar surface area (TPSA) is 29.9 Å². The van der Waals surface area contributed by atoms with E-state index in [0.29, 0.717) is 6.04 Å². The number of nitrogens with zero attached hydrogens (tertiary/aromatic N) is 2.